The molecular weight excluding hydrogens is 525 g/mol. The first-order valence-electron chi connectivity index (χ1n) is 13.7. The second kappa shape index (κ2) is 11.7. The Morgan fingerprint density at radius 2 is 1.73 bits per heavy atom. The molecule has 2 aromatic heterocycles. The van der Waals surface area contributed by atoms with Crippen LogP contribution < -0.4 is 25.0 Å². The lowest BCUT2D eigenvalue weighted by Gasteiger charge is -2.39. The highest BCUT2D eigenvalue weighted by Gasteiger charge is 2.27. The number of nitrogens with one attached hydrogen (secondary N) is 2. The molecule has 2 aliphatic heterocycles. The molecule has 2 N–H and O–H groups in total. The minimum atomic E-state index is -0.465. The molecule has 10 nitrogen and oxygen atoms in total. The Morgan fingerprint density at radius 1 is 0.927 bits per heavy atom. The Kier molecular flexibility index (Phi) is 7.71. The van der Waals surface area contributed by atoms with E-state index in [2.05, 4.69) is 42.4 Å². The number of hydrogen-bond donors (Lipinski definition) is 2. The number of fused-ring (bicyclic) bond motifs is 1. The van der Waals surface area contributed by atoms with Crippen molar-refractivity contribution in [2.24, 2.45) is 0 Å². The summed E-state index contributed by atoms with van der Waals surface area (Å²) >= 11 is 0. The second-order valence-electron chi connectivity index (χ2n) is 10.5. The first kappa shape index (κ1) is 27.0. The van der Waals surface area contributed by atoms with Crippen molar-refractivity contribution in [3.63, 3.8) is 0 Å². The molecular formula is C30H34FN7O3. The molecule has 0 saturated carbocycles. The summed E-state index contributed by atoms with van der Waals surface area (Å²) in [5.74, 6) is 2.50. The Balaban J connectivity index is 1.19. The maximum Gasteiger partial charge on any atom is 0.150 e. The number of rotatable bonds is 9. The Bertz CT molecular complexity index is 1520. The van der Waals surface area contributed by atoms with Gasteiger partial charge in [-0.3, -0.25) is 0 Å². The van der Waals surface area contributed by atoms with Crippen LogP contribution in [0.15, 0.2) is 55.0 Å². The van der Waals surface area contributed by atoms with Crippen LogP contribution in [0.3, 0.4) is 0 Å². The summed E-state index contributed by atoms with van der Waals surface area (Å²) in [6.07, 6.45) is 5.44. The van der Waals surface area contributed by atoms with Gasteiger partial charge in [-0.25, -0.2) is 19.3 Å². The van der Waals surface area contributed by atoms with Crippen molar-refractivity contribution < 1.29 is 18.6 Å². The lowest BCUT2D eigenvalue weighted by Crippen LogP contribution is -2.52. The minimum absolute atomic E-state index is 0.214. The molecule has 2 saturated heterocycles. The first-order valence-corrected chi connectivity index (χ1v) is 13.7. The Hall–Kier alpha value is -4.22. The minimum Gasteiger partial charge on any atom is -0.495 e. The number of benzene rings is 2. The highest BCUT2D eigenvalue weighted by atomic mass is 19.1. The van der Waals surface area contributed by atoms with E-state index in [4.69, 9.17) is 14.2 Å². The summed E-state index contributed by atoms with van der Waals surface area (Å²) in [5, 5.41) is 7.53. The van der Waals surface area contributed by atoms with Crippen molar-refractivity contribution in [2.75, 3.05) is 63.0 Å². The quantitative estimate of drug-likeness (QED) is 0.290. The molecule has 6 rings (SSSR count). The lowest BCUT2D eigenvalue weighted by atomic mass is 10.0. The van der Waals surface area contributed by atoms with Crippen LogP contribution in [0, 0.1) is 5.82 Å². The number of pyridine rings is 1. The third-order valence-corrected chi connectivity index (χ3v) is 7.69. The van der Waals surface area contributed by atoms with Crippen molar-refractivity contribution in [1.29, 1.82) is 0 Å². The molecule has 11 heteroatoms. The van der Waals surface area contributed by atoms with Crippen molar-refractivity contribution in [3.05, 3.63) is 60.8 Å². The maximum atomic E-state index is 15.3. The van der Waals surface area contributed by atoms with Gasteiger partial charge in [0.15, 0.2) is 0 Å². The Labute approximate surface area is 238 Å². The van der Waals surface area contributed by atoms with Crippen LogP contribution in [0.5, 0.6) is 17.2 Å². The van der Waals surface area contributed by atoms with E-state index in [0.29, 0.717) is 34.6 Å². The molecule has 2 aliphatic rings. The van der Waals surface area contributed by atoms with Crippen molar-refractivity contribution >= 4 is 33.9 Å². The molecule has 2 aromatic carbocycles. The van der Waals surface area contributed by atoms with Gasteiger partial charge in [0.05, 0.1) is 30.1 Å². The standard InChI is InChI=1S/C30H34FN7O3/c1-37-10-7-19(8-11-37)35-27-14-23-26(15-28(27)40-3)33-18-34-30(23)36-25-5-4-20(12-24(25)31)41-21-6-9-32-29(13-21)38-16-22(17-38)39-2/h4-6,9,12-15,18-19,22,35H,7-8,10-11,16-17H2,1-3H3,(H,33,34,36). The van der Waals surface area contributed by atoms with E-state index >= 15 is 4.39 Å². The summed E-state index contributed by atoms with van der Waals surface area (Å²) in [6, 6.07) is 12.5. The van der Waals surface area contributed by atoms with Crippen LogP contribution in [-0.2, 0) is 4.74 Å². The van der Waals surface area contributed by atoms with E-state index < -0.39 is 5.82 Å². The van der Waals surface area contributed by atoms with Gasteiger partial charge in [0.2, 0.25) is 0 Å². The van der Waals surface area contributed by atoms with E-state index in [1.54, 1.807) is 38.6 Å². The van der Waals surface area contributed by atoms with Gasteiger partial charge in [0.1, 0.15) is 41.0 Å². The van der Waals surface area contributed by atoms with E-state index in [1.807, 2.05) is 18.2 Å². The zero-order valence-corrected chi connectivity index (χ0v) is 23.4. The van der Waals surface area contributed by atoms with Crippen LogP contribution in [0.2, 0.25) is 0 Å². The normalized spacial score (nSPS) is 16.4. The fourth-order valence-corrected chi connectivity index (χ4v) is 5.17. The predicted octanol–water partition coefficient (Wildman–Crippen LogP) is 5.05. The zero-order chi connectivity index (χ0) is 28.3. The molecule has 0 radical (unpaired) electrons. The van der Waals surface area contributed by atoms with Gasteiger partial charge in [0.25, 0.3) is 0 Å². The van der Waals surface area contributed by atoms with Crippen LogP contribution in [-0.4, -0.2) is 79.4 Å². The maximum absolute atomic E-state index is 15.3. The van der Waals surface area contributed by atoms with E-state index in [0.717, 1.165) is 55.9 Å². The first-order chi connectivity index (χ1) is 20.0. The summed E-state index contributed by atoms with van der Waals surface area (Å²) in [6.45, 7) is 3.64. The van der Waals surface area contributed by atoms with E-state index in [1.165, 1.54) is 12.4 Å². The highest BCUT2D eigenvalue weighted by molar-refractivity contribution is 5.95. The molecule has 41 heavy (non-hydrogen) atoms. The van der Waals surface area contributed by atoms with Gasteiger partial charge in [-0.2, -0.15) is 0 Å². The number of ether oxygens (including phenoxy) is 3. The molecule has 0 spiro atoms. The lowest BCUT2D eigenvalue weighted by molar-refractivity contribution is 0.0783. The summed E-state index contributed by atoms with van der Waals surface area (Å²) in [7, 11) is 5.49. The molecule has 0 aliphatic carbocycles. The van der Waals surface area contributed by atoms with Gasteiger partial charge in [-0.15, -0.1) is 0 Å². The third-order valence-electron chi connectivity index (χ3n) is 7.69. The predicted molar refractivity (Wildman–Crippen MR) is 157 cm³/mol. The van der Waals surface area contributed by atoms with Crippen LogP contribution in [0.25, 0.3) is 10.9 Å². The topological polar surface area (TPSA) is 96.9 Å². The van der Waals surface area contributed by atoms with Crippen molar-refractivity contribution in [2.45, 2.75) is 25.0 Å². The van der Waals surface area contributed by atoms with Gasteiger partial charge in [-0.05, 0) is 57.2 Å². The monoisotopic (exact) mass is 559 g/mol. The summed E-state index contributed by atoms with van der Waals surface area (Å²) in [4.78, 5) is 17.7. The largest absolute Gasteiger partial charge is 0.495 e. The van der Waals surface area contributed by atoms with Crippen LogP contribution >= 0.6 is 0 Å². The van der Waals surface area contributed by atoms with Crippen molar-refractivity contribution in [3.8, 4) is 17.2 Å². The third kappa shape index (κ3) is 5.96. The molecule has 4 heterocycles. The fourth-order valence-electron chi connectivity index (χ4n) is 5.17. The number of anilines is 4. The molecule has 0 amide bonds. The van der Waals surface area contributed by atoms with Crippen LogP contribution in [0.1, 0.15) is 12.8 Å². The number of hydrogen-bond acceptors (Lipinski definition) is 10. The van der Waals surface area contributed by atoms with E-state index in [-0.39, 0.29) is 11.8 Å². The van der Waals surface area contributed by atoms with E-state index in [9.17, 15) is 0 Å². The number of piperidine rings is 1. The van der Waals surface area contributed by atoms with Gasteiger partial charge < -0.3 is 34.6 Å². The Morgan fingerprint density at radius 3 is 2.49 bits per heavy atom. The van der Waals surface area contributed by atoms with Gasteiger partial charge in [-0.1, -0.05) is 0 Å². The number of halogens is 1. The van der Waals surface area contributed by atoms with Gasteiger partial charge >= 0.3 is 0 Å². The van der Waals surface area contributed by atoms with Gasteiger partial charge in [0, 0.05) is 56.0 Å². The SMILES string of the molecule is COc1cc2ncnc(Nc3ccc(Oc4ccnc(N5CC(OC)C5)c4)cc3F)c2cc1NC1CCN(C)CC1. The van der Waals surface area contributed by atoms with Crippen LogP contribution in [0.4, 0.5) is 27.4 Å². The highest BCUT2D eigenvalue weighted by Crippen LogP contribution is 2.35. The summed E-state index contributed by atoms with van der Waals surface area (Å²) < 4.78 is 32.2. The number of likely N-dealkylation sites (tertiary alicyclic amines) is 1. The molecule has 214 valence electrons. The molecule has 2 fully saturated rings. The number of aromatic nitrogens is 3. The van der Waals surface area contributed by atoms with Crippen molar-refractivity contribution in [1.82, 2.24) is 19.9 Å². The number of methoxy groups -OCH3 is 2. The second-order valence-corrected chi connectivity index (χ2v) is 10.5. The molecule has 0 atom stereocenters. The summed E-state index contributed by atoms with van der Waals surface area (Å²) in [5.41, 5.74) is 1.84. The average Bonchev–Trinajstić information content (AvgIpc) is 2.95. The average molecular weight is 560 g/mol. The zero-order valence-electron chi connectivity index (χ0n) is 23.4. The number of nitrogens with zero attached hydrogens (tertiary/aromatic N) is 5. The smallest absolute Gasteiger partial charge is 0.150 e. The fraction of sp³-hybridized carbons (Fsp3) is 0.367. The molecule has 0 unspecified atom stereocenters. The molecule has 0 bridgehead atoms. The molecule has 4 aromatic rings.